The number of anilines is 2. The van der Waals surface area contributed by atoms with Gasteiger partial charge in [-0.15, -0.1) is 0 Å². The van der Waals surface area contributed by atoms with Gasteiger partial charge in [0.15, 0.2) is 0 Å². The van der Waals surface area contributed by atoms with E-state index in [9.17, 15) is 28.9 Å². The fourth-order valence-electron chi connectivity index (χ4n) is 3.55. The Morgan fingerprint density at radius 2 is 1.97 bits per heavy atom. The summed E-state index contributed by atoms with van der Waals surface area (Å²) in [6, 6.07) is 9.79. The first kappa shape index (κ1) is 23.4. The summed E-state index contributed by atoms with van der Waals surface area (Å²) in [5.41, 5.74) is 0.899. The van der Waals surface area contributed by atoms with Crippen molar-refractivity contribution in [2.75, 3.05) is 43.1 Å². The maximum absolute atomic E-state index is 13.3. The van der Waals surface area contributed by atoms with E-state index in [1.54, 1.807) is 12.1 Å². The molecule has 4 rings (SSSR count). The molecule has 2 fully saturated rings. The molecule has 2 aliphatic rings. The summed E-state index contributed by atoms with van der Waals surface area (Å²) in [4.78, 5) is 51.1. The van der Waals surface area contributed by atoms with Gasteiger partial charge in [0.2, 0.25) is 5.91 Å². The van der Waals surface area contributed by atoms with Gasteiger partial charge in [-0.1, -0.05) is 12.1 Å². The van der Waals surface area contributed by atoms with E-state index < -0.39 is 34.3 Å². The summed E-state index contributed by atoms with van der Waals surface area (Å²) in [5, 5.41) is 13.4. The number of thioether (sulfide) groups is 1. The van der Waals surface area contributed by atoms with Crippen LogP contribution in [0, 0.1) is 15.9 Å². The van der Waals surface area contributed by atoms with Crippen molar-refractivity contribution in [3.63, 3.8) is 0 Å². The number of nitro groups is 1. The largest absolute Gasteiger partial charge is 0.378 e. The number of nitrogens with one attached hydrogen (secondary N) is 1. The van der Waals surface area contributed by atoms with Gasteiger partial charge < -0.3 is 15.0 Å². The van der Waals surface area contributed by atoms with Crippen molar-refractivity contribution in [2.45, 2.75) is 0 Å². The third kappa shape index (κ3) is 5.24. The molecule has 1 N–H and O–H groups in total. The molecular weight excluding hydrogens is 467 g/mol. The minimum absolute atomic E-state index is 0.0389. The van der Waals surface area contributed by atoms with Gasteiger partial charge in [0, 0.05) is 24.8 Å². The second-order valence-electron chi connectivity index (χ2n) is 7.43. The first-order chi connectivity index (χ1) is 16.3. The number of carbonyl (C=O) groups excluding carboxylic acids is 3. The number of ether oxygens (including phenoxy) is 1. The van der Waals surface area contributed by atoms with Crippen molar-refractivity contribution in [3.8, 4) is 0 Å². The smallest absolute Gasteiger partial charge is 0.294 e. The Balaban J connectivity index is 1.49. The molecule has 3 amide bonds. The van der Waals surface area contributed by atoms with Crippen LogP contribution >= 0.6 is 11.8 Å². The van der Waals surface area contributed by atoms with Gasteiger partial charge in [0.05, 0.1) is 23.0 Å². The topological polar surface area (TPSA) is 122 Å². The average Bonchev–Trinajstić information content (AvgIpc) is 3.06. The van der Waals surface area contributed by atoms with E-state index in [1.807, 2.05) is 4.90 Å². The Bertz CT molecular complexity index is 1200. The molecule has 0 atom stereocenters. The van der Waals surface area contributed by atoms with Gasteiger partial charge in [-0.25, -0.2) is 4.39 Å². The zero-order valence-electron chi connectivity index (χ0n) is 17.7. The monoisotopic (exact) mass is 486 g/mol. The average molecular weight is 486 g/mol. The number of amides is 3. The molecule has 2 aromatic carbocycles. The standard InChI is InChI=1S/C22H19FN4O6S/c23-15-2-1-3-16(12-15)24-20(28)13-26-21(29)19(34-22(26)30)11-14-4-5-17(18(10-14)27(31)32)25-6-8-33-9-7-25/h1-5,10-12H,6-9,13H2,(H,24,28)/b19-11+. The van der Waals surface area contributed by atoms with Crippen LogP contribution < -0.4 is 10.2 Å². The van der Waals surface area contributed by atoms with Crippen molar-refractivity contribution >= 4 is 52.0 Å². The molecule has 2 saturated heterocycles. The third-order valence-electron chi connectivity index (χ3n) is 5.13. The van der Waals surface area contributed by atoms with Gasteiger partial charge in [-0.3, -0.25) is 29.4 Å². The van der Waals surface area contributed by atoms with Crippen molar-refractivity contribution in [3.05, 3.63) is 68.9 Å². The summed E-state index contributed by atoms with van der Waals surface area (Å²) >= 11 is 0.636. The van der Waals surface area contributed by atoms with Crippen molar-refractivity contribution < 1.29 is 28.4 Å². The van der Waals surface area contributed by atoms with Crippen LogP contribution in [0.5, 0.6) is 0 Å². The fraction of sp³-hybridized carbons (Fsp3) is 0.227. The van der Waals surface area contributed by atoms with Gasteiger partial charge >= 0.3 is 0 Å². The van der Waals surface area contributed by atoms with E-state index in [-0.39, 0.29) is 16.3 Å². The number of rotatable bonds is 6. The van der Waals surface area contributed by atoms with Crippen LogP contribution in [0.2, 0.25) is 0 Å². The highest BCUT2D eigenvalue weighted by atomic mass is 32.2. The van der Waals surface area contributed by atoms with Crippen molar-refractivity contribution in [1.82, 2.24) is 4.90 Å². The zero-order valence-corrected chi connectivity index (χ0v) is 18.5. The molecule has 0 aromatic heterocycles. The summed E-state index contributed by atoms with van der Waals surface area (Å²) < 4.78 is 18.6. The van der Waals surface area contributed by atoms with Crippen LogP contribution in [0.3, 0.4) is 0 Å². The lowest BCUT2D eigenvalue weighted by atomic mass is 10.1. The highest BCUT2D eigenvalue weighted by Crippen LogP contribution is 2.35. The highest BCUT2D eigenvalue weighted by molar-refractivity contribution is 8.18. The maximum Gasteiger partial charge on any atom is 0.294 e. The Hall–Kier alpha value is -3.77. The minimum Gasteiger partial charge on any atom is -0.378 e. The van der Waals surface area contributed by atoms with Gasteiger partial charge in [0.25, 0.3) is 16.8 Å². The summed E-state index contributed by atoms with van der Waals surface area (Å²) in [6.07, 6.45) is 1.38. The molecule has 34 heavy (non-hydrogen) atoms. The van der Waals surface area contributed by atoms with Crippen molar-refractivity contribution in [1.29, 1.82) is 0 Å². The molecule has 0 aliphatic carbocycles. The molecule has 12 heteroatoms. The van der Waals surface area contributed by atoms with E-state index in [0.717, 1.165) is 11.0 Å². The number of nitrogens with zero attached hydrogens (tertiary/aromatic N) is 3. The number of morpholine rings is 1. The number of nitro benzene ring substituents is 1. The summed E-state index contributed by atoms with van der Waals surface area (Å²) in [5.74, 6) is -1.90. The number of hydrogen-bond donors (Lipinski definition) is 1. The zero-order chi connectivity index (χ0) is 24.2. The predicted molar refractivity (Wildman–Crippen MR) is 124 cm³/mol. The maximum atomic E-state index is 13.3. The summed E-state index contributed by atoms with van der Waals surface area (Å²) in [7, 11) is 0. The second kappa shape index (κ2) is 10.0. The lowest BCUT2D eigenvalue weighted by Gasteiger charge is -2.28. The molecule has 0 saturated carbocycles. The molecule has 176 valence electrons. The van der Waals surface area contributed by atoms with E-state index >= 15 is 0 Å². The second-order valence-corrected chi connectivity index (χ2v) is 8.42. The van der Waals surface area contributed by atoms with Crippen LogP contribution in [0.25, 0.3) is 6.08 Å². The number of hydrogen-bond acceptors (Lipinski definition) is 8. The Labute approximate surface area is 197 Å². The SMILES string of the molecule is O=C(CN1C(=O)S/C(=C/c2ccc(N3CCOCC3)c([N+](=O)[O-])c2)C1=O)Nc1cccc(F)c1. The van der Waals surface area contributed by atoms with E-state index in [2.05, 4.69) is 5.32 Å². The lowest BCUT2D eigenvalue weighted by Crippen LogP contribution is -2.36. The molecule has 0 radical (unpaired) electrons. The van der Waals surface area contributed by atoms with E-state index in [1.165, 1.54) is 30.3 Å². The Morgan fingerprint density at radius 3 is 2.68 bits per heavy atom. The van der Waals surface area contributed by atoms with Crippen LogP contribution in [0.1, 0.15) is 5.56 Å². The van der Waals surface area contributed by atoms with Crippen molar-refractivity contribution in [2.24, 2.45) is 0 Å². The van der Waals surface area contributed by atoms with Gasteiger partial charge in [0.1, 0.15) is 18.0 Å². The molecule has 0 spiro atoms. The normalized spacial score (nSPS) is 17.4. The first-order valence-electron chi connectivity index (χ1n) is 10.2. The molecule has 10 nitrogen and oxygen atoms in total. The Morgan fingerprint density at radius 1 is 1.21 bits per heavy atom. The van der Waals surface area contributed by atoms with Crippen LogP contribution in [0.15, 0.2) is 47.4 Å². The predicted octanol–water partition coefficient (Wildman–Crippen LogP) is 3.25. The number of imide groups is 1. The lowest BCUT2D eigenvalue weighted by molar-refractivity contribution is -0.384. The molecular formula is C22H19FN4O6S. The fourth-order valence-corrected chi connectivity index (χ4v) is 4.38. The van der Waals surface area contributed by atoms with Gasteiger partial charge in [-0.2, -0.15) is 0 Å². The molecule has 2 aliphatic heterocycles. The van der Waals surface area contributed by atoms with Gasteiger partial charge in [-0.05, 0) is 47.7 Å². The molecule has 0 bridgehead atoms. The molecule has 0 unspecified atom stereocenters. The first-order valence-corrected chi connectivity index (χ1v) is 11.1. The quantitative estimate of drug-likeness (QED) is 0.375. The van der Waals surface area contributed by atoms with E-state index in [0.29, 0.717) is 49.3 Å². The van der Waals surface area contributed by atoms with E-state index in [4.69, 9.17) is 4.74 Å². The molecule has 2 aromatic rings. The third-order valence-corrected chi connectivity index (χ3v) is 6.04. The number of carbonyl (C=O) groups is 3. The van der Waals surface area contributed by atoms with Crippen LogP contribution in [-0.2, 0) is 14.3 Å². The summed E-state index contributed by atoms with van der Waals surface area (Å²) in [6.45, 7) is 1.44. The number of halogens is 1. The minimum atomic E-state index is -0.690. The Kier molecular flexibility index (Phi) is 6.89. The van der Waals surface area contributed by atoms with Crippen LogP contribution in [-0.4, -0.2) is 59.7 Å². The molecule has 2 heterocycles. The number of benzene rings is 2. The highest BCUT2D eigenvalue weighted by Gasteiger charge is 2.36. The van der Waals surface area contributed by atoms with Crippen LogP contribution in [0.4, 0.5) is 26.2 Å².